The zero-order valence-electron chi connectivity index (χ0n) is 9.22. The fraction of sp³-hybridized carbons (Fsp3) is 0.273. The minimum atomic E-state index is -0.419. The van der Waals surface area contributed by atoms with E-state index in [-0.39, 0.29) is 18.2 Å². The Morgan fingerprint density at radius 1 is 1.35 bits per heavy atom. The number of hydrogen-bond donors (Lipinski definition) is 2. The van der Waals surface area contributed by atoms with Crippen molar-refractivity contribution in [1.82, 2.24) is 5.32 Å². The van der Waals surface area contributed by atoms with Crippen LogP contribution in [0.1, 0.15) is 5.56 Å². The zero-order chi connectivity index (χ0) is 12.8. The molecule has 0 fully saturated rings. The van der Waals surface area contributed by atoms with E-state index < -0.39 is 11.8 Å². The van der Waals surface area contributed by atoms with Gasteiger partial charge in [0.2, 0.25) is 11.8 Å². The first-order valence-corrected chi connectivity index (χ1v) is 5.45. The average Bonchev–Trinajstić information content (AvgIpc) is 2.31. The number of anilines is 1. The number of alkyl halides is 1. The third-order valence-electron chi connectivity index (χ3n) is 2.01. The highest BCUT2D eigenvalue weighted by Gasteiger charge is 2.05. The Hall–Kier alpha value is -1.62. The predicted molar refractivity (Wildman–Crippen MR) is 63.5 cm³/mol. The van der Waals surface area contributed by atoms with Crippen molar-refractivity contribution in [3.63, 3.8) is 0 Å². The molecule has 2 amide bonds. The summed E-state index contributed by atoms with van der Waals surface area (Å²) in [6, 6.07) is 4.22. The molecule has 0 saturated carbocycles. The molecule has 0 aliphatic carbocycles. The normalized spacial score (nSPS) is 9.82. The quantitative estimate of drug-likeness (QED) is 0.803. The van der Waals surface area contributed by atoms with Crippen molar-refractivity contribution in [3.8, 4) is 0 Å². The first-order valence-electron chi connectivity index (χ1n) is 4.91. The molecule has 0 aromatic heterocycles. The van der Waals surface area contributed by atoms with Gasteiger partial charge in [-0.2, -0.15) is 0 Å². The van der Waals surface area contributed by atoms with Gasteiger partial charge in [0.05, 0.1) is 6.54 Å². The summed E-state index contributed by atoms with van der Waals surface area (Å²) < 4.78 is 13.0. The van der Waals surface area contributed by atoms with E-state index >= 15 is 0 Å². The summed E-state index contributed by atoms with van der Waals surface area (Å²) in [5, 5.41) is 4.85. The lowest BCUT2D eigenvalue weighted by Gasteiger charge is -2.07. The van der Waals surface area contributed by atoms with Crippen LogP contribution in [-0.2, 0) is 9.59 Å². The summed E-state index contributed by atoms with van der Waals surface area (Å²) in [5.41, 5.74) is 0.918. The maximum atomic E-state index is 13.0. The summed E-state index contributed by atoms with van der Waals surface area (Å²) in [5.74, 6) is -1.34. The van der Waals surface area contributed by atoms with Crippen LogP contribution in [0.2, 0.25) is 0 Å². The number of nitrogens with one attached hydrogen (secondary N) is 2. The van der Waals surface area contributed by atoms with Crippen molar-refractivity contribution in [2.45, 2.75) is 6.92 Å². The molecule has 0 bridgehead atoms. The fourth-order valence-corrected chi connectivity index (χ4v) is 1.25. The molecule has 17 heavy (non-hydrogen) atoms. The Morgan fingerprint density at radius 3 is 2.65 bits per heavy atom. The summed E-state index contributed by atoms with van der Waals surface area (Å²) in [6.07, 6.45) is 0. The van der Waals surface area contributed by atoms with Crippen molar-refractivity contribution in [3.05, 3.63) is 29.6 Å². The molecule has 0 aliphatic heterocycles. The molecular formula is C11H12ClFN2O2. The van der Waals surface area contributed by atoms with Crippen LogP contribution in [-0.4, -0.2) is 24.2 Å². The van der Waals surface area contributed by atoms with E-state index in [4.69, 9.17) is 11.6 Å². The molecule has 6 heteroatoms. The maximum absolute atomic E-state index is 13.0. The summed E-state index contributed by atoms with van der Waals surface area (Å²) in [4.78, 5) is 22.2. The van der Waals surface area contributed by atoms with Gasteiger partial charge in [-0.3, -0.25) is 9.59 Å². The SMILES string of the molecule is Cc1cc(NC(=O)CNC(=O)CCl)ccc1F. The second-order valence-electron chi connectivity index (χ2n) is 3.42. The van der Waals surface area contributed by atoms with Gasteiger partial charge in [-0.05, 0) is 30.7 Å². The first-order chi connectivity index (χ1) is 8.02. The highest BCUT2D eigenvalue weighted by molar-refractivity contribution is 6.27. The lowest BCUT2D eigenvalue weighted by atomic mass is 10.2. The molecule has 0 spiro atoms. The van der Waals surface area contributed by atoms with Gasteiger partial charge in [-0.15, -0.1) is 11.6 Å². The number of rotatable bonds is 4. The number of aryl methyl sites for hydroxylation is 1. The van der Waals surface area contributed by atoms with Crippen molar-refractivity contribution in [1.29, 1.82) is 0 Å². The molecule has 0 radical (unpaired) electrons. The fourth-order valence-electron chi connectivity index (χ4n) is 1.15. The van der Waals surface area contributed by atoms with Crippen molar-refractivity contribution >= 4 is 29.1 Å². The molecule has 0 aliphatic rings. The van der Waals surface area contributed by atoms with Gasteiger partial charge in [0.25, 0.3) is 0 Å². The number of carbonyl (C=O) groups is 2. The van der Waals surface area contributed by atoms with E-state index in [1.807, 2.05) is 0 Å². The third-order valence-corrected chi connectivity index (χ3v) is 2.25. The van der Waals surface area contributed by atoms with Crippen LogP contribution in [0.15, 0.2) is 18.2 Å². The molecule has 0 unspecified atom stereocenters. The molecule has 4 nitrogen and oxygen atoms in total. The molecular weight excluding hydrogens is 247 g/mol. The van der Waals surface area contributed by atoms with E-state index in [0.717, 1.165) is 0 Å². The van der Waals surface area contributed by atoms with Crippen LogP contribution in [0.3, 0.4) is 0 Å². The van der Waals surface area contributed by atoms with Gasteiger partial charge in [-0.1, -0.05) is 0 Å². The second-order valence-corrected chi connectivity index (χ2v) is 3.69. The standard InChI is InChI=1S/C11H12ClFN2O2/c1-7-4-8(2-3-9(7)13)15-11(17)6-14-10(16)5-12/h2-4H,5-6H2,1H3,(H,14,16)(H,15,17). The second kappa shape index (κ2) is 6.20. The van der Waals surface area contributed by atoms with Crippen LogP contribution in [0.4, 0.5) is 10.1 Å². The highest BCUT2D eigenvalue weighted by Crippen LogP contribution is 2.13. The smallest absolute Gasteiger partial charge is 0.243 e. The van der Waals surface area contributed by atoms with Crippen LogP contribution >= 0.6 is 11.6 Å². The van der Waals surface area contributed by atoms with Gasteiger partial charge >= 0.3 is 0 Å². The van der Waals surface area contributed by atoms with Crippen LogP contribution in [0.5, 0.6) is 0 Å². The topological polar surface area (TPSA) is 58.2 Å². The van der Waals surface area contributed by atoms with Gasteiger partial charge < -0.3 is 10.6 Å². The number of amides is 2. The van der Waals surface area contributed by atoms with Crippen LogP contribution < -0.4 is 10.6 Å². The Labute approximate surface area is 103 Å². The minimum absolute atomic E-state index is 0.165. The van der Waals surface area contributed by atoms with Gasteiger partial charge in [0.15, 0.2) is 0 Å². The Morgan fingerprint density at radius 2 is 2.06 bits per heavy atom. The van der Waals surface area contributed by atoms with Gasteiger partial charge in [0, 0.05) is 5.69 Å². The Balaban J connectivity index is 2.50. The molecule has 0 atom stereocenters. The molecule has 2 N–H and O–H groups in total. The van der Waals surface area contributed by atoms with E-state index in [9.17, 15) is 14.0 Å². The average molecular weight is 259 g/mol. The van der Waals surface area contributed by atoms with Gasteiger partial charge in [0.1, 0.15) is 11.7 Å². The van der Waals surface area contributed by atoms with Gasteiger partial charge in [-0.25, -0.2) is 4.39 Å². The summed E-state index contributed by atoms with van der Waals surface area (Å²) in [7, 11) is 0. The van der Waals surface area contributed by atoms with Crippen molar-refractivity contribution < 1.29 is 14.0 Å². The first kappa shape index (κ1) is 13.4. The highest BCUT2D eigenvalue weighted by atomic mass is 35.5. The lowest BCUT2D eigenvalue weighted by molar-refractivity contribution is -0.122. The van der Waals surface area contributed by atoms with Crippen molar-refractivity contribution in [2.75, 3.05) is 17.7 Å². The number of carbonyl (C=O) groups excluding carboxylic acids is 2. The maximum Gasteiger partial charge on any atom is 0.243 e. The van der Waals surface area contributed by atoms with Crippen molar-refractivity contribution in [2.24, 2.45) is 0 Å². The van der Waals surface area contributed by atoms with Crippen LogP contribution in [0.25, 0.3) is 0 Å². The minimum Gasteiger partial charge on any atom is -0.346 e. The molecule has 1 rings (SSSR count). The Kier molecular flexibility index (Phi) is 4.90. The molecule has 0 saturated heterocycles. The summed E-state index contributed by atoms with van der Waals surface area (Å²) >= 11 is 5.25. The molecule has 1 aromatic carbocycles. The number of hydrogen-bond acceptors (Lipinski definition) is 2. The zero-order valence-corrected chi connectivity index (χ0v) is 9.97. The van der Waals surface area contributed by atoms with E-state index in [2.05, 4.69) is 10.6 Å². The van der Waals surface area contributed by atoms with E-state index in [1.54, 1.807) is 6.92 Å². The molecule has 0 heterocycles. The number of halogens is 2. The number of benzene rings is 1. The largest absolute Gasteiger partial charge is 0.346 e. The van der Waals surface area contributed by atoms with Crippen LogP contribution in [0, 0.1) is 12.7 Å². The third kappa shape index (κ3) is 4.40. The summed E-state index contributed by atoms with van der Waals surface area (Å²) in [6.45, 7) is 1.43. The predicted octanol–water partition coefficient (Wildman–Crippen LogP) is 1.43. The molecule has 1 aromatic rings. The lowest BCUT2D eigenvalue weighted by Crippen LogP contribution is -2.33. The monoisotopic (exact) mass is 258 g/mol. The van der Waals surface area contributed by atoms with E-state index in [0.29, 0.717) is 11.3 Å². The Bertz CT molecular complexity index is 437. The van der Waals surface area contributed by atoms with E-state index in [1.165, 1.54) is 18.2 Å². The molecule has 92 valence electrons.